The van der Waals surface area contributed by atoms with Gasteiger partial charge in [-0.15, -0.1) is 0 Å². The van der Waals surface area contributed by atoms with E-state index in [1.54, 1.807) is 14.0 Å². The molecule has 0 saturated heterocycles. The number of anilines is 1. The Morgan fingerprint density at radius 1 is 1.44 bits per heavy atom. The van der Waals surface area contributed by atoms with Gasteiger partial charge in [0, 0.05) is 6.54 Å². The fourth-order valence-electron chi connectivity index (χ4n) is 1.21. The molecule has 1 unspecified atom stereocenters. The molecule has 2 N–H and O–H groups in total. The summed E-state index contributed by atoms with van der Waals surface area (Å²) in [6.07, 6.45) is 0. The van der Waals surface area contributed by atoms with Crippen molar-refractivity contribution < 1.29 is 12.8 Å². The van der Waals surface area contributed by atoms with Gasteiger partial charge in [-0.25, -0.2) is 12.8 Å². The molecule has 6 heteroatoms. The summed E-state index contributed by atoms with van der Waals surface area (Å²) in [7, 11) is -1.80. The maximum atomic E-state index is 12.8. The second-order valence-corrected chi connectivity index (χ2v) is 5.62. The molecule has 1 atom stereocenters. The summed E-state index contributed by atoms with van der Waals surface area (Å²) in [4.78, 5) is 0. The lowest BCUT2D eigenvalue weighted by molar-refractivity contribution is 0.583. The zero-order chi connectivity index (χ0) is 12.2. The van der Waals surface area contributed by atoms with Gasteiger partial charge >= 0.3 is 0 Å². The quantitative estimate of drug-likeness (QED) is 0.820. The molecule has 0 fully saturated rings. The predicted octanol–water partition coefficient (Wildman–Crippen LogP) is 1.18. The molecule has 0 heterocycles. The van der Waals surface area contributed by atoms with Crippen molar-refractivity contribution in [1.82, 2.24) is 5.32 Å². The second-order valence-electron chi connectivity index (χ2n) is 3.53. The van der Waals surface area contributed by atoms with Crippen LogP contribution < -0.4 is 10.0 Å². The minimum absolute atomic E-state index is 0.239. The first kappa shape index (κ1) is 12.9. The first-order chi connectivity index (χ1) is 7.45. The van der Waals surface area contributed by atoms with Crippen LogP contribution in [0, 0.1) is 5.82 Å². The zero-order valence-electron chi connectivity index (χ0n) is 9.20. The molecule has 1 aromatic rings. The summed E-state index contributed by atoms with van der Waals surface area (Å²) in [5.41, 5.74) is 0.239. The van der Waals surface area contributed by atoms with Gasteiger partial charge in [0.25, 0.3) is 0 Å². The highest BCUT2D eigenvalue weighted by atomic mass is 32.2. The molecule has 0 aliphatic carbocycles. The molecular formula is C10H15FN2O2S. The first-order valence-electron chi connectivity index (χ1n) is 4.87. The maximum Gasteiger partial charge on any atom is 0.236 e. The third-order valence-electron chi connectivity index (χ3n) is 2.11. The Bertz CT molecular complexity index is 448. The summed E-state index contributed by atoms with van der Waals surface area (Å²) >= 11 is 0. The van der Waals surface area contributed by atoms with Crippen molar-refractivity contribution in [3.05, 3.63) is 30.1 Å². The summed E-state index contributed by atoms with van der Waals surface area (Å²) in [5, 5.41) is 2.19. The van der Waals surface area contributed by atoms with Gasteiger partial charge in [0.15, 0.2) is 0 Å². The predicted molar refractivity (Wildman–Crippen MR) is 62.3 cm³/mol. The number of hydrogen-bond donors (Lipinski definition) is 2. The van der Waals surface area contributed by atoms with Gasteiger partial charge in [0.1, 0.15) is 5.82 Å². The first-order valence-corrected chi connectivity index (χ1v) is 6.42. The topological polar surface area (TPSA) is 58.2 Å². The van der Waals surface area contributed by atoms with Gasteiger partial charge in [-0.2, -0.15) is 0 Å². The number of halogens is 1. The molecule has 0 aliphatic rings. The number of nitrogens with one attached hydrogen (secondary N) is 2. The molecule has 0 aliphatic heterocycles. The Morgan fingerprint density at radius 2 is 2.12 bits per heavy atom. The number of hydrogen-bond acceptors (Lipinski definition) is 3. The Kier molecular flexibility index (Phi) is 4.26. The van der Waals surface area contributed by atoms with Crippen LogP contribution in [0.15, 0.2) is 24.3 Å². The molecule has 4 nitrogen and oxygen atoms in total. The van der Waals surface area contributed by atoms with Crippen LogP contribution in [0.2, 0.25) is 0 Å². The molecule has 0 amide bonds. The summed E-state index contributed by atoms with van der Waals surface area (Å²) < 4.78 is 38.6. The normalized spacial score (nSPS) is 13.4. The van der Waals surface area contributed by atoms with Crippen molar-refractivity contribution in [3.8, 4) is 0 Å². The van der Waals surface area contributed by atoms with E-state index in [1.165, 1.54) is 18.2 Å². The van der Waals surface area contributed by atoms with Crippen molar-refractivity contribution in [2.45, 2.75) is 12.2 Å². The monoisotopic (exact) mass is 246 g/mol. The van der Waals surface area contributed by atoms with Crippen molar-refractivity contribution in [2.75, 3.05) is 18.3 Å². The fourth-order valence-corrected chi connectivity index (χ4v) is 2.26. The van der Waals surface area contributed by atoms with Gasteiger partial charge in [-0.05, 0) is 32.2 Å². The van der Waals surface area contributed by atoms with E-state index in [9.17, 15) is 12.8 Å². The lowest BCUT2D eigenvalue weighted by Gasteiger charge is -2.14. The standard InChI is InChI=1S/C10H15FN2O2S/c1-8(7-12-2)16(14,15)13-10-5-3-4-9(11)6-10/h3-6,8,12-13H,7H2,1-2H3. The Balaban J connectivity index is 2.80. The molecule has 16 heavy (non-hydrogen) atoms. The zero-order valence-corrected chi connectivity index (χ0v) is 10.0. The Labute approximate surface area is 94.9 Å². The van der Waals surface area contributed by atoms with E-state index < -0.39 is 21.1 Å². The molecule has 0 bridgehead atoms. The van der Waals surface area contributed by atoms with Crippen molar-refractivity contribution >= 4 is 15.7 Å². The van der Waals surface area contributed by atoms with E-state index in [1.807, 2.05) is 0 Å². The smallest absolute Gasteiger partial charge is 0.236 e. The fraction of sp³-hybridized carbons (Fsp3) is 0.400. The molecule has 90 valence electrons. The van der Waals surface area contributed by atoms with Crippen molar-refractivity contribution in [1.29, 1.82) is 0 Å². The Morgan fingerprint density at radius 3 is 2.69 bits per heavy atom. The third kappa shape index (κ3) is 3.46. The van der Waals surface area contributed by atoms with Gasteiger partial charge in [0.05, 0.1) is 10.9 Å². The summed E-state index contributed by atoms with van der Waals surface area (Å²) in [5.74, 6) is -0.471. The summed E-state index contributed by atoms with van der Waals surface area (Å²) in [6, 6.07) is 5.36. The van der Waals surface area contributed by atoms with Crippen LogP contribution >= 0.6 is 0 Å². The molecule has 0 spiro atoms. The molecule has 0 saturated carbocycles. The van der Waals surface area contributed by atoms with Crippen LogP contribution in [0.4, 0.5) is 10.1 Å². The Hall–Kier alpha value is -1.14. The average Bonchev–Trinajstić information content (AvgIpc) is 2.17. The van der Waals surface area contributed by atoms with Gasteiger partial charge in [-0.3, -0.25) is 4.72 Å². The van der Waals surface area contributed by atoms with E-state index in [2.05, 4.69) is 10.0 Å². The third-order valence-corrected chi connectivity index (χ3v) is 3.85. The van der Waals surface area contributed by atoms with Crippen LogP contribution in [0.5, 0.6) is 0 Å². The number of benzene rings is 1. The minimum atomic E-state index is -3.47. The van der Waals surface area contributed by atoms with Gasteiger partial charge in [0.2, 0.25) is 10.0 Å². The van der Waals surface area contributed by atoms with Crippen molar-refractivity contribution in [3.63, 3.8) is 0 Å². The molecule has 0 aromatic heterocycles. The lowest BCUT2D eigenvalue weighted by Crippen LogP contribution is -2.33. The van der Waals surface area contributed by atoms with Crippen molar-refractivity contribution in [2.24, 2.45) is 0 Å². The van der Waals surface area contributed by atoms with Crippen LogP contribution in [-0.4, -0.2) is 27.3 Å². The number of sulfonamides is 1. The van der Waals surface area contributed by atoms with Crippen LogP contribution in [0.1, 0.15) is 6.92 Å². The van der Waals surface area contributed by atoms with E-state index in [0.29, 0.717) is 6.54 Å². The van der Waals surface area contributed by atoms with E-state index in [-0.39, 0.29) is 5.69 Å². The van der Waals surface area contributed by atoms with Crippen LogP contribution in [0.3, 0.4) is 0 Å². The molecule has 1 rings (SSSR count). The average molecular weight is 246 g/mol. The second kappa shape index (κ2) is 5.27. The van der Waals surface area contributed by atoms with Crippen LogP contribution in [0.25, 0.3) is 0 Å². The molecule has 0 radical (unpaired) electrons. The SMILES string of the molecule is CNCC(C)S(=O)(=O)Nc1cccc(F)c1. The highest BCUT2D eigenvalue weighted by Gasteiger charge is 2.19. The van der Waals surface area contributed by atoms with E-state index >= 15 is 0 Å². The summed E-state index contributed by atoms with van der Waals surface area (Å²) in [6.45, 7) is 1.92. The minimum Gasteiger partial charge on any atom is -0.318 e. The largest absolute Gasteiger partial charge is 0.318 e. The van der Waals surface area contributed by atoms with E-state index in [0.717, 1.165) is 6.07 Å². The van der Waals surface area contributed by atoms with Crippen LogP contribution in [-0.2, 0) is 10.0 Å². The molecular weight excluding hydrogens is 231 g/mol. The lowest BCUT2D eigenvalue weighted by atomic mass is 10.3. The van der Waals surface area contributed by atoms with Gasteiger partial charge in [-0.1, -0.05) is 6.07 Å². The van der Waals surface area contributed by atoms with E-state index in [4.69, 9.17) is 0 Å². The number of rotatable bonds is 5. The highest BCUT2D eigenvalue weighted by molar-refractivity contribution is 7.93. The molecule has 1 aromatic carbocycles. The maximum absolute atomic E-state index is 12.8. The highest BCUT2D eigenvalue weighted by Crippen LogP contribution is 2.13. The van der Waals surface area contributed by atoms with Gasteiger partial charge < -0.3 is 5.32 Å².